The summed E-state index contributed by atoms with van der Waals surface area (Å²) in [6.07, 6.45) is 12.1. The lowest BCUT2D eigenvalue weighted by molar-refractivity contribution is 1.37. The lowest BCUT2D eigenvalue weighted by Gasteiger charge is -2.19. The zero-order chi connectivity index (χ0) is 44.0. The molecule has 0 amide bonds. The summed E-state index contributed by atoms with van der Waals surface area (Å²) >= 11 is 0. The Morgan fingerprint density at radius 3 is 1.98 bits per heavy atom. The maximum absolute atomic E-state index is 5.05. The predicted molar refractivity (Wildman–Crippen MR) is 279 cm³/mol. The van der Waals surface area contributed by atoms with Crippen molar-refractivity contribution >= 4 is 73.1 Å². The largest absolute Gasteiger partial charge is 0.253 e. The quantitative estimate of drug-likeness (QED) is 0.112. The molecule has 10 rings (SSSR count). The third kappa shape index (κ3) is 8.89. The molecule has 0 fully saturated rings. The van der Waals surface area contributed by atoms with Crippen molar-refractivity contribution < 1.29 is 0 Å². The molecule has 0 spiro atoms. The van der Waals surface area contributed by atoms with Gasteiger partial charge in [-0.05, 0) is 150 Å². The van der Waals surface area contributed by atoms with Crippen molar-refractivity contribution in [2.24, 2.45) is 4.99 Å². The number of aryl methyl sites for hydroxylation is 2. The second kappa shape index (κ2) is 18.6. The third-order valence-corrected chi connectivity index (χ3v) is 12.2. The molecule has 0 aromatic heterocycles. The van der Waals surface area contributed by atoms with Gasteiger partial charge in [-0.1, -0.05) is 213 Å². The molecule has 64 heavy (non-hydrogen) atoms. The highest BCUT2D eigenvalue weighted by atomic mass is 14.7. The number of aliphatic imine (C=N–C) groups is 1. The van der Waals surface area contributed by atoms with E-state index in [4.69, 9.17) is 11.6 Å². The van der Waals surface area contributed by atoms with Gasteiger partial charge in [0.2, 0.25) is 0 Å². The van der Waals surface area contributed by atoms with E-state index < -0.39 is 0 Å². The highest BCUT2D eigenvalue weighted by Crippen LogP contribution is 2.44. The predicted octanol–water partition coefficient (Wildman–Crippen LogP) is 15.6. The minimum Gasteiger partial charge on any atom is -0.253 e. The van der Waals surface area contributed by atoms with E-state index in [9.17, 15) is 0 Å². The van der Waals surface area contributed by atoms with E-state index in [0.29, 0.717) is 0 Å². The summed E-state index contributed by atoms with van der Waals surface area (Å²) in [6.45, 7) is 15.3. The summed E-state index contributed by atoms with van der Waals surface area (Å²) in [6, 6.07) is 66.8. The van der Waals surface area contributed by atoms with Crippen LogP contribution in [0.25, 0.3) is 72.8 Å². The van der Waals surface area contributed by atoms with Crippen molar-refractivity contribution in [2.75, 3.05) is 0 Å². The molecule has 1 aliphatic rings. The molecule has 1 nitrogen and oxygen atoms in total. The Kier molecular flexibility index (Phi) is 12.1. The summed E-state index contributed by atoms with van der Waals surface area (Å²) in [5.74, 6) is 0. The highest BCUT2D eigenvalue weighted by molar-refractivity contribution is 6.21. The maximum atomic E-state index is 5.05. The molecule has 0 saturated carbocycles. The second-order valence-corrected chi connectivity index (χ2v) is 16.6. The first-order valence-electron chi connectivity index (χ1n) is 22.0. The number of fused-ring (bicyclic) bond motifs is 3. The molecule has 0 heterocycles. The van der Waals surface area contributed by atoms with Gasteiger partial charge in [0.25, 0.3) is 0 Å². The van der Waals surface area contributed by atoms with Crippen LogP contribution >= 0.6 is 0 Å². The Hall–Kier alpha value is -7.87. The summed E-state index contributed by atoms with van der Waals surface area (Å²) < 4.78 is 0. The molecule has 308 valence electrons. The Morgan fingerprint density at radius 1 is 0.562 bits per heavy atom. The van der Waals surface area contributed by atoms with E-state index in [2.05, 4.69) is 215 Å². The fraction of sp³-hybridized carbons (Fsp3) is 0.0635. The number of hydrogen-bond acceptors (Lipinski definition) is 1. The lowest BCUT2D eigenvalue weighted by atomic mass is 9.84. The van der Waals surface area contributed by atoms with Crippen LogP contribution < -0.4 is 10.4 Å². The van der Waals surface area contributed by atoms with Crippen LogP contribution in [-0.4, -0.2) is 5.71 Å². The van der Waals surface area contributed by atoms with Gasteiger partial charge >= 0.3 is 0 Å². The van der Waals surface area contributed by atoms with Crippen LogP contribution in [0.15, 0.2) is 224 Å². The van der Waals surface area contributed by atoms with Gasteiger partial charge in [0.1, 0.15) is 0 Å². The van der Waals surface area contributed by atoms with Crippen LogP contribution in [0.5, 0.6) is 0 Å². The SMILES string of the molecule is C=C(/C=c1/ccccc1=C)c1c2ccccc2c(-c2ccc3ccccc3c2)c2ccc(C3=CC=C(c4ccc(C)c(N=C(C)c5ccccc5)c4)C=CC3)cc12.Cc1ccccc1. The third-order valence-electron chi connectivity index (χ3n) is 12.2. The fourth-order valence-corrected chi connectivity index (χ4v) is 8.72. The minimum atomic E-state index is 0.817. The van der Waals surface area contributed by atoms with Crippen LogP contribution in [0.4, 0.5) is 5.69 Å². The molecular formula is C63H51N. The lowest BCUT2D eigenvalue weighted by Crippen LogP contribution is -2.21. The normalized spacial score (nSPS) is 13.0. The van der Waals surface area contributed by atoms with Gasteiger partial charge in [0, 0.05) is 5.71 Å². The van der Waals surface area contributed by atoms with Crippen molar-refractivity contribution in [1.82, 2.24) is 0 Å². The van der Waals surface area contributed by atoms with E-state index in [1.807, 2.05) is 30.3 Å². The molecule has 9 aromatic rings. The Bertz CT molecular complexity index is 3450. The van der Waals surface area contributed by atoms with Crippen LogP contribution in [0.3, 0.4) is 0 Å². The second-order valence-electron chi connectivity index (χ2n) is 16.6. The molecule has 0 aliphatic heterocycles. The summed E-state index contributed by atoms with van der Waals surface area (Å²) in [5, 5.41) is 9.32. The monoisotopic (exact) mass is 821 g/mol. The molecule has 0 radical (unpaired) electrons. The molecule has 0 N–H and O–H groups in total. The Balaban J connectivity index is 0.000000677. The van der Waals surface area contributed by atoms with Crippen molar-refractivity contribution in [1.29, 1.82) is 0 Å². The van der Waals surface area contributed by atoms with Gasteiger partial charge in [0.05, 0.1) is 5.69 Å². The Morgan fingerprint density at radius 2 is 1.22 bits per heavy atom. The first kappa shape index (κ1) is 41.5. The maximum Gasteiger partial charge on any atom is 0.0668 e. The summed E-state index contributed by atoms with van der Waals surface area (Å²) in [7, 11) is 0. The first-order chi connectivity index (χ1) is 31.3. The van der Waals surface area contributed by atoms with Crippen LogP contribution in [0.2, 0.25) is 0 Å². The number of allylic oxidation sites excluding steroid dienone is 7. The van der Waals surface area contributed by atoms with Gasteiger partial charge in [0.15, 0.2) is 0 Å². The van der Waals surface area contributed by atoms with Crippen LogP contribution in [0.1, 0.15) is 46.7 Å². The van der Waals surface area contributed by atoms with Gasteiger partial charge in [-0.2, -0.15) is 0 Å². The van der Waals surface area contributed by atoms with Crippen molar-refractivity contribution in [2.45, 2.75) is 27.2 Å². The standard InChI is InChI=1S/C56H43N.C7H8/c1-37-15-8-9-19-45(37)33-39(3)55-50-23-12-13-24-51(50)56(49-30-29-42-18-10-11-20-46(42)34-49)52-32-31-47(35-53(52)55)43-21-14-22-44(28-27-43)48-26-25-38(2)54(36-48)57-40(4)41-16-6-5-7-17-41;1-7-5-3-2-4-6-7/h5-20,22-36H,1,3,21H2,2,4H3;2-6H,1H3/b45-33-,57-40?;. The molecular weight excluding hydrogens is 771 g/mol. The van der Waals surface area contributed by atoms with Crippen LogP contribution in [-0.2, 0) is 0 Å². The zero-order valence-electron chi connectivity index (χ0n) is 36.9. The minimum absolute atomic E-state index is 0.817. The van der Waals surface area contributed by atoms with E-state index in [1.165, 1.54) is 65.7 Å². The number of benzene rings is 9. The van der Waals surface area contributed by atoms with E-state index in [0.717, 1.165) is 56.1 Å². The number of rotatable bonds is 7. The fourth-order valence-electron chi connectivity index (χ4n) is 8.72. The van der Waals surface area contributed by atoms with E-state index in [-0.39, 0.29) is 0 Å². The van der Waals surface area contributed by atoms with Gasteiger partial charge < -0.3 is 0 Å². The van der Waals surface area contributed by atoms with Crippen molar-refractivity contribution in [3.63, 3.8) is 0 Å². The molecule has 0 bridgehead atoms. The molecule has 9 aromatic carbocycles. The smallest absolute Gasteiger partial charge is 0.0668 e. The van der Waals surface area contributed by atoms with E-state index >= 15 is 0 Å². The molecule has 1 aliphatic carbocycles. The van der Waals surface area contributed by atoms with Crippen molar-refractivity contribution in [3.05, 3.63) is 263 Å². The average molecular weight is 822 g/mol. The van der Waals surface area contributed by atoms with Crippen LogP contribution in [0, 0.1) is 13.8 Å². The zero-order valence-corrected chi connectivity index (χ0v) is 36.9. The number of nitrogens with zero attached hydrogens (tertiary/aromatic N) is 1. The van der Waals surface area contributed by atoms with Gasteiger partial charge in [-0.3, -0.25) is 4.99 Å². The topological polar surface area (TPSA) is 12.4 Å². The molecule has 0 saturated heterocycles. The molecule has 0 unspecified atom stereocenters. The number of hydrogen-bond donors (Lipinski definition) is 0. The average Bonchev–Trinajstić information content (AvgIpc) is 3.59. The summed E-state index contributed by atoms with van der Waals surface area (Å²) in [4.78, 5) is 5.05. The molecule has 0 atom stereocenters. The first-order valence-corrected chi connectivity index (χ1v) is 22.0. The van der Waals surface area contributed by atoms with E-state index in [1.54, 1.807) is 0 Å². The van der Waals surface area contributed by atoms with Gasteiger partial charge in [-0.25, -0.2) is 0 Å². The highest BCUT2D eigenvalue weighted by Gasteiger charge is 2.18. The van der Waals surface area contributed by atoms with Gasteiger partial charge in [-0.15, -0.1) is 0 Å². The van der Waals surface area contributed by atoms with Crippen molar-refractivity contribution in [3.8, 4) is 11.1 Å². The molecule has 1 heteroatoms. The summed E-state index contributed by atoms with van der Waals surface area (Å²) in [5.41, 5.74) is 14.9. The Labute approximate surface area is 377 Å².